The molecule has 0 atom stereocenters. The van der Waals surface area contributed by atoms with Gasteiger partial charge in [0.15, 0.2) is 0 Å². The molecule has 0 nitrogen and oxygen atoms in total. The fraction of sp³-hybridized carbons (Fsp3) is 0. The molecule has 0 bridgehead atoms. The van der Waals surface area contributed by atoms with Crippen LogP contribution in [0.3, 0.4) is 0 Å². The summed E-state index contributed by atoms with van der Waals surface area (Å²) >= 11 is 11.0. The molecule has 0 radical (unpaired) electrons. The van der Waals surface area contributed by atoms with Crippen LogP contribution in [0.15, 0.2) is 0 Å². The zero-order valence-corrected chi connectivity index (χ0v) is 5.07. The summed E-state index contributed by atoms with van der Waals surface area (Å²) in [6.45, 7) is 0. The van der Waals surface area contributed by atoms with E-state index in [4.69, 9.17) is 0 Å². The summed E-state index contributed by atoms with van der Waals surface area (Å²) in [6.07, 6.45) is 0. The summed E-state index contributed by atoms with van der Waals surface area (Å²) in [5, 5.41) is 0. The van der Waals surface area contributed by atoms with Gasteiger partial charge in [0.05, 0.1) is 0 Å². The van der Waals surface area contributed by atoms with Gasteiger partial charge in [0.25, 0.3) is 0 Å². The Morgan fingerprint density at radius 3 is 2.00 bits per heavy atom. The summed E-state index contributed by atoms with van der Waals surface area (Å²) in [4.78, 5) is 0. The summed E-state index contributed by atoms with van der Waals surface area (Å²) in [5.74, 6) is 0. The molecule has 0 saturated carbocycles. The minimum atomic E-state index is 0.458. The average Bonchev–Trinajstić information content (AvgIpc) is 0.811. The quantitative estimate of drug-likeness (QED) is 0.274. The van der Waals surface area contributed by atoms with Gasteiger partial charge in [-0.15, -0.1) is 0 Å². The molecule has 4 heavy (non-hydrogen) atoms. The Morgan fingerprint density at radius 1 is 2.00 bits per heavy atom. The fourth-order valence-electron chi connectivity index (χ4n) is 0. The number of rotatable bonds is 0. The van der Waals surface area contributed by atoms with Gasteiger partial charge in [0, 0.05) is 0 Å². The van der Waals surface area contributed by atoms with Gasteiger partial charge in [-0.05, 0) is 0 Å². The van der Waals surface area contributed by atoms with E-state index in [-0.39, 0.29) is 0 Å². The second-order valence-corrected chi connectivity index (χ2v) is 3.35. The first-order valence-corrected chi connectivity index (χ1v) is 2.29. The van der Waals surface area contributed by atoms with Crippen LogP contribution in [0.25, 0.3) is 0 Å². The Kier molecular flexibility index (Phi) is 2.52. The van der Waals surface area contributed by atoms with Gasteiger partial charge >= 0.3 is 44.0 Å². The van der Waals surface area contributed by atoms with Crippen LogP contribution in [0.5, 0.6) is 0 Å². The molecule has 0 heterocycles. The molecular formula is CS2Se-2. The minimum absolute atomic E-state index is 0.458. The molecule has 3 heteroatoms. The first-order valence-electron chi connectivity index (χ1n) is 0.612. The second kappa shape index (κ2) is 2.09. The van der Waals surface area contributed by atoms with E-state index >= 15 is 0 Å². The Bertz CT molecular complexity index is 29.0. The first-order chi connectivity index (χ1) is 1.73. The van der Waals surface area contributed by atoms with Gasteiger partial charge in [0.2, 0.25) is 0 Å². The standard InChI is InChI=1S/CH2S2Se/c2-1(3)4/h(H2,2,3,4)/p-2. The summed E-state index contributed by atoms with van der Waals surface area (Å²) < 4.78 is 0.458. The maximum absolute atomic E-state index is 4.30. The second-order valence-electron chi connectivity index (χ2n) is 0.250. The molecule has 0 saturated heterocycles. The van der Waals surface area contributed by atoms with Crippen LogP contribution in [0.4, 0.5) is 0 Å². The van der Waals surface area contributed by atoms with Crippen molar-refractivity contribution in [3.63, 3.8) is 0 Å². The van der Waals surface area contributed by atoms with E-state index in [1.807, 2.05) is 0 Å². The zero-order valence-electron chi connectivity index (χ0n) is 1.72. The van der Waals surface area contributed by atoms with Crippen molar-refractivity contribution in [1.29, 1.82) is 0 Å². The van der Waals surface area contributed by atoms with Crippen molar-refractivity contribution in [2.24, 2.45) is 0 Å². The Morgan fingerprint density at radius 2 is 2.00 bits per heavy atom. The van der Waals surface area contributed by atoms with Gasteiger partial charge in [-0.1, -0.05) is 0 Å². The SMILES string of the molecule is S=C([S-])[Se-]. The molecule has 0 aromatic carbocycles. The van der Waals surface area contributed by atoms with Crippen molar-refractivity contribution in [2.45, 2.75) is 0 Å². The third-order valence-electron chi connectivity index (χ3n) is 0. The zero-order chi connectivity index (χ0) is 3.58. The third-order valence-corrected chi connectivity index (χ3v) is 0. The van der Waals surface area contributed by atoms with Crippen LogP contribution in [-0.2, 0) is 12.6 Å². The predicted molar refractivity (Wildman–Crippen MR) is 25.7 cm³/mol. The molecular weight excluding hydrogens is 155 g/mol. The van der Waals surface area contributed by atoms with E-state index in [2.05, 4.69) is 40.9 Å². The summed E-state index contributed by atoms with van der Waals surface area (Å²) in [5.41, 5.74) is 0. The molecule has 0 rings (SSSR count). The van der Waals surface area contributed by atoms with E-state index in [1.165, 1.54) is 0 Å². The van der Waals surface area contributed by atoms with E-state index in [9.17, 15) is 0 Å². The van der Waals surface area contributed by atoms with Crippen molar-refractivity contribution in [1.82, 2.24) is 0 Å². The maximum atomic E-state index is 4.30. The predicted octanol–water partition coefficient (Wildman–Crippen LogP) is -0.0133. The Labute approximate surface area is 44.2 Å². The van der Waals surface area contributed by atoms with Crippen molar-refractivity contribution >= 4 is 44.0 Å². The molecule has 0 N–H and O–H groups in total. The van der Waals surface area contributed by atoms with Crippen LogP contribution < -0.4 is 0 Å². The van der Waals surface area contributed by atoms with Gasteiger partial charge in [-0.25, -0.2) is 0 Å². The topological polar surface area (TPSA) is 0 Å². The molecule has 0 amide bonds. The molecule has 24 valence electrons. The molecule has 0 aromatic rings. The molecule has 0 aliphatic carbocycles. The van der Waals surface area contributed by atoms with E-state index in [1.54, 1.807) is 0 Å². The molecule has 0 fully saturated rings. The van der Waals surface area contributed by atoms with Crippen LogP contribution in [-0.4, -0.2) is 19.1 Å². The molecule has 0 unspecified atom stereocenters. The van der Waals surface area contributed by atoms with E-state index < -0.39 is 0 Å². The average molecular weight is 155 g/mol. The van der Waals surface area contributed by atoms with Crippen LogP contribution in [0, 0.1) is 0 Å². The summed E-state index contributed by atoms with van der Waals surface area (Å²) in [6, 6.07) is 0. The first kappa shape index (κ1) is 4.83. The molecule has 0 aliphatic rings. The van der Waals surface area contributed by atoms with Crippen molar-refractivity contribution in [2.75, 3.05) is 0 Å². The van der Waals surface area contributed by atoms with Gasteiger partial charge in [0.1, 0.15) is 0 Å². The Balaban J connectivity index is 2.80. The van der Waals surface area contributed by atoms with E-state index in [0.29, 0.717) is 3.10 Å². The summed E-state index contributed by atoms with van der Waals surface area (Å²) in [7, 11) is 0. The van der Waals surface area contributed by atoms with Crippen molar-refractivity contribution in [3.05, 3.63) is 0 Å². The number of thiocarbonyl (C=S) groups is 1. The Hall–Kier alpha value is 0.829. The molecule has 0 spiro atoms. The number of hydrogen-bond donors (Lipinski definition) is 0. The van der Waals surface area contributed by atoms with Crippen LogP contribution >= 0.6 is 12.2 Å². The monoisotopic (exact) mass is 156 g/mol. The number of hydrogen-bond acceptors (Lipinski definition) is 2. The molecule has 0 aliphatic heterocycles. The van der Waals surface area contributed by atoms with Gasteiger partial charge in [-0.3, -0.25) is 0 Å². The normalized spacial score (nSPS) is 6.00. The molecule has 0 aromatic heterocycles. The van der Waals surface area contributed by atoms with Crippen molar-refractivity contribution < 1.29 is 0 Å². The van der Waals surface area contributed by atoms with Crippen LogP contribution in [0.2, 0.25) is 0 Å². The van der Waals surface area contributed by atoms with Gasteiger partial charge < -0.3 is 0 Å². The van der Waals surface area contributed by atoms with E-state index in [0.717, 1.165) is 0 Å². The van der Waals surface area contributed by atoms with Crippen molar-refractivity contribution in [3.8, 4) is 0 Å². The third kappa shape index (κ3) is 13.8. The van der Waals surface area contributed by atoms with Gasteiger partial charge in [-0.2, -0.15) is 0 Å². The van der Waals surface area contributed by atoms with Crippen LogP contribution in [0.1, 0.15) is 0 Å². The fourth-order valence-corrected chi connectivity index (χ4v) is 0.